The van der Waals surface area contributed by atoms with E-state index in [0.29, 0.717) is 50.4 Å². The summed E-state index contributed by atoms with van der Waals surface area (Å²) in [6.07, 6.45) is 8.68. The van der Waals surface area contributed by atoms with E-state index in [1.54, 1.807) is 6.07 Å². The van der Waals surface area contributed by atoms with E-state index in [4.69, 9.17) is 27.5 Å². The van der Waals surface area contributed by atoms with E-state index < -0.39 is 51.7 Å². The number of rotatable bonds is 11. The van der Waals surface area contributed by atoms with E-state index in [2.05, 4.69) is 26.6 Å². The van der Waals surface area contributed by atoms with Gasteiger partial charge in [0.05, 0.1) is 23.9 Å². The standard InChI is InChI=1S/C34H43ClF2N4O6S/c1-3-24-6-5-19-48(44,45)41-25(21-38-24)11-13-27-29(36)7-4-8-31(27)39-33(42)32(40-34(43)46-2)26(12-9-22-15-17-47-18-16-22)23-10-14-28(35)30(37)20-23/h1,4,7-8,10,14,20,22,24-26,32,38,41H,5-6,9,11-13,15-19,21H2,2H3,(H,39,42)(H,40,43)/t24?,25?,26-,32+/m1/s1. The molecule has 2 unspecified atom stereocenters. The van der Waals surface area contributed by atoms with Crippen LogP contribution in [-0.2, 0) is 30.7 Å². The Bertz CT molecular complexity index is 1570. The molecule has 2 amide bonds. The number of anilines is 1. The minimum atomic E-state index is -3.59. The lowest BCUT2D eigenvalue weighted by molar-refractivity contribution is -0.118. The lowest BCUT2D eigenvalue weighted by Crippen LogP contribution is -2.48. The highest BCUT2D eigenvalue weighted by molar-refractivity contribution is 7.89. The Morgan fingerprint density at radius 1 is 1.15 bits per heavy atom. The molecule has 0 saturated carbocycles. The van der Waals surface area contributed by atoms with Crippen LogP contribution in [-0.4, -0.2) is 71.2 Å². The molecule has 2 aromatic rings. The Kier molecular flexibility index (Phi) is 14.0. The van der Waals surface area contributed by atoms with Gasteiger partial charge < -0.3 is 25.4 Å². The van der Waals surface area contributed by atoms with Crippen molar-refractivity contribution in [3.05, 3.63) is 64.2 Å². The van der Waals surface area contributed by atoms with Crippen LogP contribution in [0.3, 0.4) is 0 Å². The Morgan fingerprint density at radius 3 is 2.62 bits per heavy atom. The van der Waals surface area contributed by atoms with E-state index in [0.717, 1.165) is 12.8 Å². The van der Waals surface area contributed by atoms with E-state index in [1.165, 1.54) is 37.4 Å². The van der Waals surface area contributed by atoms with Gasteiger partial charge in [-0.25, -0.2) is 26.7 Å². The topological polar surface area (TPSA) is 135 Å². The molecule has 0 aliphatic carbocycles. The highest BCUT2D eigenvalue weighted by atomic mass is 35.5. The number of halogens is 3. The van der Waals surface area contributed by atoms with Crippen molar-refractivity contribution in [3.8, 4) is 12.3 Å². The number of sulfonamides is 1. The fourth-order valence-electron chi connectivity index (χ4n) is 6.23. The van der Waals surface area contributed by atoms with Crippen LogP contribution >= 0.6 is 11.6 Å². The number of terminal acetylenes is 1. The first kappa shape index (κ1) is 37.5. The predicted molar refractivity (Wildman–Crippen MR) is 180 cm³/mol. The van der Waals surface area contributed by atoms with E-state index in [1.807, 2.05) is 0 Å². The maximum Gasteiger partial charge on any atom is 0.407 e. The van der Waals surface area contributed by atoms with Crippen LogP contribution in [0.1, 0.15) is 62.0 Å². The van der Waals surface area contributed by atoms with E-state index in [9.17, 15) is 22.4 Å². The zero-order chi connectivity index (χ0) is 34.7. The number of hydrogen-bond acceptors (Lipinski definition) is 7. The van der Waals surface area contributed by atoms with Crippen molar-refractivity contribution in [1.29, 1.82) is 0 Å². The fraction of sp³-hybridized carbons (Fsp3) is 0.529. The summed E-state index contributed by atoms with van der Waals surface area (Å²) < 4.78 is 68.3. The fourth-order valence-corrected chi connectivity index (χ4v) is 7.73. The van der Waals surface area contributed by atoms with Crippen LogP contribution in [0.4, 0.5) is 19.3 Å². The van der Waals surface area contributed by atoms with Gasteiger partial charge >= 0.3 is 6.09 Å². The summed E-state index contributed by atoms with van der Waals surface area (Å²) in [5.74, 6) is 0.244. The molecule has 4 atom stereocenters. The first-order chi connectivity index (χ1) is 23.0. The molecule has 14 heteroatoms. The summed E-state index contributed by atoms with van der Waals surface area (Å²) in [6, 6.07) is 6.37. The minimum Gasteiger partial charge on any atom is -0.453 e. The normalized spacial score (nSPS) is 21.4. The molecule has 2 aromatic carbocycles. The minimum absolute atomic E-state index is 0.0720. The Hall–Kier alpha value is -3.28. The lowest BCUT2D eigenvalue weighted by Gasteiger charge is -2.30. The average Bonchev–Trinajstić information content (AvgIpc) is 3.13. The summed E-state index contributed by atoms with van der Waals surface area (Å²) in [4.78, 5) is 26.6. The Morgan fingerprint density at radius 2 is 1.92 bits per heavy atom. The van der Waals surface area contributed by atoms with Crippen molar-refractivity contribution in [2.24, 2.45) is 5.92 Å². The van der Waals surface area contributed by atoms with Crippen LogP contribution in [0.2, 0.25) is 5.02 Å². The van der Waals surface area contributed by atoms with Crippen molar-refractivity contribution in [1.82, 2.24) is 15.4 Å². The molecule has 0 bridgehead atoms. The molecule has 0 radical (unpaired) electrons. The van der Waals surface area contributed by atoms with Crippen molar-refractivity contribution in [3.63, 3.8) is 0 Å². The molecule has 2 saturated heterocycles. The molecule has 10 nitrogen and oxygen atoms in total. The van der Waals surface area contributed by atoms with Gasteiger partial charge in [0.2, 0.25) is 15.9 Å². The van der Waals surface area contributed by atoms with Crippen LogP contribution in [0.25, 0.3) is 0 Å². The number of alkyl carbamates (subject to hydrolysis) is 1. The number of amides is 2. The SMILES string of the molecule is C#CC1CCCS(=O)(=O)NC(CCc2c(F)cccc2NC(=O)[C@@H](NC(=O)OC)[C@H](CCC2CCOCC2)c2ccc(Cl)c(F)c2)CN1. The van der Waals surface area contributed by atoms with E-state index >= 15 is 4.39 Å². The summed E-state index contributed by atoms with van der Waals surface area (Å²) in [7, 11) is -2.42. The number of nitrogens with one attached hydrogen (secondary N) is 4. The molecule has 4 N–H and O–H groups in total. The monoisotopic (exact) mass is 708 g/mol. The maximum atomic E-state index is 15.3. The highest BCUT2D eigenvalue weighted by Gasteiger charge is 2.33. The van der Waals surface area contributed by atoms with Crippen molar-refractivity contribution < 1.29 is 36.3 Å². The number of carbonyl (C=O) groups excluding carboxylic acids is 2. The summed E-state index contributed by atoms with van der Waals surface area (Å²) in [6.45, 7) is 1.49. The number of ether oxygens (including phenoxy) is 2. The third-order valence-electron chi connectivity index (χ3n) is 8.93. The smallest absolute Gasteiger partial charge is 0.407 e. The molecule has 0 spiro atoms. The van der Waals surface area contributed by atoms with Gasteiger partial charge in [0, 0.05) is 43.0 Å². The Labute approximate surface area is 286 Å². The second-order valence-corrected chi connectivity index (χ2v) is 14.5. The van der Waals surface area contributed by atoms with Crippen LogP contribution < -0.4 is 20.7 Å². The lowest BCUT2D eigenvalue weighted by atomic mass is 9.82. The third-order valence-corrected chi connectivity index (χ3v) is 10.8. The second kappa shape index (κ2) is 17.9. The summed E-state index contributed by atoms with van der Waals surface area (Å²) in [5, 5.41) is 8.49. The largest absolute Gasteiger partial charge is 0.453 e. The molecular weight excluding hydrogens is 666 g/mol. The number of methoxy groups -OCH3 is 1. The van der Waals surface area contributed by atoms with Crippen molar-refractivity contribution in [2.45, 2.75) is 75.4 Å². The van der Waals surface area contributed by atoms with Gasteiger partial charge in [0.25, 0.3) is 0 Å². The third kappa shape index (κ3) is 10.9. The van der Waals surface area contributed by atoms with Gasteiger partial charge in [0.1, 0.15) is 17.7 Å². The molecular formula is C34H43ClF2N4O6S. The molecule has 2 aliphatic heterocycles. The molecule has 0 aromatic heterocycles. The van der Waals surface area contributed by atoms with Crippen LogP contribution in [0.5, 0.6) is 0 Å². The zero-order valence-corrected chi connectivity index (χ0v) is 28.5. The molecule has 4 rings (SSSR count). The molecule has 2 fully saturated rings. The van der Waals surface area contributed by atoms with Crippen molar-refractivity contribution >= 4 is 39.3 Å². The number of hydrogen-bond donors (Lipinski definition) is 4. The Balaban J connectivity index is 1.59. The van der Waals surface area contributed by atoms with Gasteiger partial charge in [0.15, 0.2) is 0 Å². The molecule has 2 aliphatic rings. The molecule has 2 heterocycles. The van der Waals surface area contributed by atoms with Gasteiger partial charge in [-0.05, 0) is 87.1 Å². The highest BCUT2D eigenvalue weighted by Crippen LogP contribution is 2.33. The summed E-state index contributed by atoms with van der Waals surface area (Å²) >= 11 is 5.97. The summed E-state index contributed by atoms with van der Waals surface area (Å²) in [5.41, 5.74) is 0.763. The zero-order valence-electron chi connectivity index (χ0n) is 26.9. The van der Waals surface area contributed by atoms with Gasteiger partial charge in [-0.15, -0.1) is 6.42 Å². The van der Waals surface area contributed by atoms with Gasteiger partial charge in [-0.2, -0.15) is 0 Å². The first-order valence-electron chi connectivity index (χ1n) is 16.1. The first-order valence-corrected chi connectivity index (χ1v) is 18.2. The number of benzene rings is 2. The van der Waals surface area contributed by atoms with Gasteiger partial charge in [-0.1, -0.05) is 29.7 Å². The quantitative estimate of drug-likeness (QED) is 0.245. The van der Waals surface area contributed by atoms with Gasteiger partial charge in [-0.3, -0.25) is 4.79 Å². The van der Waals surface area contributed by atoms with Crippen molar-refractivity contribution in [2.75, 3.05) is 37.9 Å². The molecule has 262 valence electrons. The maximum absolute atomic E-state index is 15.3. The second-order valence-electron chi connectivity index (χ2n) is 12.2. The van der Waals surface area contributed by atoms with Crippen LogP contribution in [0.15, 0.2) is 36.4 Å². The average molecular weight is 709 g/mol. The predicted octanol–water partition coefficient (Wildman–Crippen LogP) is 4.88. The molecule has 48 heavy (non-hydrogen) atoms. The van der Waals surface area contributed by atoms with Crippen LogP contribution in [0, 0.1) is 29.9 Å². The number of carbonyl (C=O) groups is 2. The van der Waals surface area contributed by atoms with E-state index in [-0.39, 0.29) is 47.5 Å².